The van der Waals surface area contributed by atoms with Crippen LogP contribution in [0.3, 0.4) is 0 Å². The van der Waals surface area contributed by atoms with Crippen LogP contribution in [0.1, 0.15) is 24.3 Å². The largest absolute Gasteiger partial charge is 0.385 e. The Hall–Kier alpha value is -0.240. The second-order valence-corrected chi connectivity index (χ2v) is 4.22. The molecular formula is C12H16Cl2O. The van der Waals surface area contributed by atoms with Gasteiger partial charge in [-0.25, -0.2) is 0 Å². The van der Waals surface area contributed by atoms with Crippen LogP contribution in [-0.2, 0) is 4.74 Å². The first kappa shape index (κ1) is 12.8. The molecule has 0 saturated carbocycles. The summed E-state index contributed by atoms with van der Waals surface area (Å²) < 4.78 is 5.03. The average Bonchev–Trinajstić information content (AvgIpc) is 2.26. The van der Waals surface area contributed by atoms with Gasteiger partial charge < -0.3 is 4.74 Å². The van der Waals surface area contributed by atoms with Gasteiger partial charge in [0, 0.05) is 24.6 Å². The highest BCUT2D eigenvalue weighted by Gasteiger charge is 2.12. The Morgan fingerprint density at radius 2 is 2.07 bits per heavy atom. The van der Waals surface area contributed by atoms with Crippen molar-refractivity contribution in [2.75, 3.05) is 19.6 Å². The molecule has 0 saturated heterocycles. The van der Waals surface area contributed by atoms with Crippen LogP contribution in [0, 0.1) is 0 Å². The molecule has 1 aromatic rings. The molecule has 3 heteroatoms. The SMILES string of the molecule is COCCCC(CCl)c1ccccc1Cl. The van der Waals surface area contributed by atoms with E-state index in [0.717, 1.165) is 30.0 Å². The highest BCUT2D eigenvalue weighted by atomic mass is 35.5. The van der Waals surface area contributed by atoms with Crippen LogP contribution in [0.4, 0.5) is 0 Å². The number of halogens is 2. The van der Waals surface area contributed by atoms with Crippen molar-refractivity contribution in [2.45, 2.75) is 18.8 Å². The molecule has 0 radical (unpaired) electrons. The lowest BCUT2D eigenvalue weighted by atomic mass is 9.96. The number of benzene rings is 1. The van der Waals surface area contributed by atoms with Gasteiger partial charge in [0.05, 0.1) is 0 Å². The van der Waals surface area contributed by atoms with Gasteiger partial charge in [-0.3, -0.25) is 0 Å². The van der Waals surface area contributed by atoms with Gasteiger partial charge in [-0.2, -0.15) is 0 Å². The molecule has 1 unspecified atom stereocenters. The maximum Gasteiger partial charge on any atom is 0.0462 e. The fourth-order valence-electron chi connectivity index (χ4n) is 1.60. The first-order valence-corrected chi connectivity index (χ1v) is 6.00. The minimum Gasteiger partial charge on any atom is -0.385 e. The lowest BCUT2D eigenvalue weighted by Gasteiger charge is -2.15. The van der Waals surface area contributed by atoms with Gasteiger partial charge in [-0.05, 0) is 30.4 Å². The molecule has 15 heavy (non-hydrogen) atoms. The van der Waals surface area contributed by atoms with E-state index in [-0.39, 0.29) is 0 Å². The highest BCUT2D eigenvalue weighted by molar-refractivity contribution is 6.31. The number of alkyl halides is 1. The third kappa shape index (κ3) is 4.02. The zero-order chi connectivity index (χ0) is 11.1. The van der Waals surface area contributed by atoms with Gasteiger partial charge in [0.2, 0.25) is 0 Å². The summed E-state index contributed by atoms with van der Waals surface area (Å²) >= 11 is 12.1. The maximum atomic E-state index is 6.12. The van der Waals surface area contributed by atoms with Crippen LogP contribution in [0.25, 0.3) is 0 Å². The van der Waals surface area contributed by atoms with Crippen LogP contribution in [-0.4, -0.2) is 19.6 Å². The van der Waals surface area contributed by atoms with Gasteiger partial charge in [-0.15, -0.1) is 11.6 Å². The minimum atomic E-state index is 0.329. The predicted octanol–water partition coefficient (Wildman–Crippen LogP) is 4.09. The lowest BCUT2D eigenvalue weighted by Crippen LogP contribution is -2.03. The molecule has 0 aliphatic rings. The quantitative estimate of drug-likeness (QED) is 0.543. The second kappa shape index (κ2) is 7.10. The summed E-state index contributed by atoms with van der Waals surface area (Å²) in [5.74, 6) is 0.934. The standard InChI is InChI=1S/C12H16Cl2O/c1-15-8-4-5-10(9-13)11-6-2-3-7-12(11)14/h2-3,6-7,10H,4-5,8-9H2,1H3. The number of hydrogen-bond donors (Lipinski definition) is 0. The number of methoxy groups -OCH3 is 1. The van der Waals surface area contributed by atoms with Gasteiger partial charge in [0.1, 0.15) is 0 Å². The molecule has 0 aliphatic heterocycles. The predicted molar refractivity (Wildman–Crippen MR) is 66.0 cm³/mol. The summed E-state index contributed by atoms with van der Waals surface area (Å²) in [7, 11) is 1.71. The van der Waals surface area contributed by atoms with Crippen LogP contribution in [0.2, 0.25) is 5.02 Å². The van der Waals surface area contributed by atoms with Crippen molar-refractivity contribution in [3.63, 3.8) is 0 Å². The summed E-state index contributed by atoms with van der Waals surface area (Å²) in [5.41, 5.74) is 1.14. The highest BCUT2D eigenvalue weighted by Crippen LogP contribution is 2.28. The van der Waals surface area contributed by atoms with Crippen LogP contribution < -0.4 is 0 Å². The van der Waals surface area contributed by atoms with Crippen molar-refractivity contribution in [2.24, 2.45) is 0 Å². The molecule has 0 heterocycles. The van der Waals surface area contributed by atoms with E-state index in [1.807, 2.05) is 24.3 Å². The van der Waals surface area contributed by atoms with Crippen molar-refractivity contribution in [3.8, 4) is 0 Å². The Bertz CT molecular complexity index is 289. The molecule has 0 spiro atoms. The van der Waals surface area contributed by atoms with Crippen LogP contribution >= 0.6 is 23.2 Å². The molecule has 1 rings (SSSR count). The van der Waals surface area contributed by atoms with Gasteiger partial charge in [-0.1, -0.05) is 29.8 Å². The molecule has 84 valence electrons. The Kier molecular flexibility index (Phi) is 6.07. The summed E-state index contributed by atoms with van der Waals surface area (Å²) in [6, 6.07) is 7.89. The normalized spacial score (nSPS) is 12.7. The number of ether oxygens (including phenoxy) is 1. The zero-order valence-corrected chi connectivity index (χ0v) is 10.4. The number of hydrogen-bond acceptors (Lipinski definition) is 1. The average molecular weight is 247 g/mol. The molecule has 0 aliphatic carbocycles. The van der Waals surface area contributed by atoms with Crippen LogP contribution in [0.15, 0.2) is 24.3 Å². The lowest BCUT2D eigenvalue weighted by molar-refractivity contribution is 0.191. The van der Waals surface area contributed by atoms with Gasteiger partial charge in [0.15, 0.2) is 0 Å². The first-order chi connectivity index (χ1) is 7.29. The topological polar surface area (TPSA) is 9.23 Å². The van der Waals surface area contributed by atoms with Gasteiger partial charge in [0.25, 0.3) is 0 Å². The smallest absolute Gasteiger partial charge is 0.0462 e. The Balaban J connectivity index is 2.61. The third-order valence-electron chi connectivity index (χ3n) is 2.43. The first-order valence-electron chi connectivity index (χ1n) is 5.09. The molecule has 1 atom stereocenters. The molecular weight excluding hydrogens is 231 g/mol. The van der Waals surface area contributed by atoms with Crippen molar-refractivity contribution < 1.29 is 4.74 Å². The van der Waals surface area contributed by atoms with E-state index in [2.05, 4.69) is 0 Å². The molecule has 1 aromatic carbocycles. The molecule has 0 N–H and O–H groups in total. The van der Waals surface area contributed by atoms with E-state index >= 15 is 0 Å². The molecule has 1 nitrogen and oxygen atoms in total. The van der Waals surface area contributed by atoms with Crippen molar-refractivity contribution in [1.82, 2.24) is 0 Å². The van der Waals surface area contributed by atoms with E-state index < -0.39 is 0 Å². The molecule has 0 aromatic heterocycles. The van der Waals surface area contributed by atoms with Crippen molar-refractivity contribution >= 4 is 23.2 Å². The summed E-state index contributed by atoms with van der Waals surface area (Å²) in [6.07, 6.45) is 2.03. The van der Waals surface area contributed by atoms with E-state index in [1.165, 1.54) is 0 Å². The summed E-state index contributed by atoms with van der Waals surface area (Å²) in [5, 5.41) is 0.806. The molecule has 0 bridgehead atoms. The fourth-order valence-corrected chi connectivity index (χ4v) is 2.21. The van der Waals surface area contributed by atoms with E-state index in [9.17, 15) is 0 Å². The monoisotopic (exact) mass is 246 g/mol. The van der Waals surface area contributed by atoms with Crippen molar-refractivity contribution in [3.05, 3.63) is 34.9 Å². The van der Waals surface area contributed by atoms with Crippen LogP contribution in [0.5, 0.6) is 0 Å². The van der Waals surface area contributed by atoms with Crippen molar-refractivity contribution in [1.29, 1.82) is 0 Å². The van der Waals surface area contributed by atoms with E-state index in [0.29, 0.717) is 11.8 Å². The summed E-state index contributed by atoms with van der Waals surface area (Å²) in [6.45, 7) is 0.776. The number of rotatable bonds is 6. The second-order valence-electron chi connectivity index (χ2n) is 3.51. The third-order valence-corrected chi connectivity index (χ3v) is 3.15. The van der Waals surface area contributed by atoms with Gasteiger partial charge >= 0.3 is 0 Å². The molecule has 0 amide bonds. The Morgan fingerprint density at radius 1 is 1.33 bits per heavy atom. The maximum absolute atomic E-state index is 6.12. The minimum absolute atomic E-state index is 0.329. The molecule has 0 fully saturated rings. The Morgan fingerprint density at radius 3 is 2.67 bits per heavy atom. The fraction of sp³-hybridized carbons (Fsp3) is 0.500. The zero-order valence-electron chi connectivity index (χ0n) is 8.88. The van der Waals surface area contributed by atoms with E-state index in [4.69, 9.17) is 27.9 Å². The Labute approximate surface area is 101 Å². The van der Waals surface area contributed by atoms with E-state index in [1.54, 1.807) is 7.11 Å². The summed E-state index contributed by atoms with van der Waals surface area (Å²) in [4.78, 5) is 0.